The van der Waals surface area contributed by atoms with Crippen molar-refractivity contribution in [3.8, 4) is 0 Å². The predicted molar refractivity (Wildman–Crippen MR) is 68.8 cm³/mol. The van der Waals surface area contributed by atoms with Gasteiger partial charge in [-0.05, 0) is 50.2 Å². The Morgan fingerprint density at radius 1 is 1.30 bits per heavy atom. The molecule has 6 heteroatoms. The summed E-state index contributed by atoms with van der Waals surface area (Å²) in [5.74, 6) is -0.845. The second-order valence-electron chi connectivity index (χ2n) is 5.34. The highest BCUT2D eigenvalue weighted by atomic mass is 19.4. The SMILES string of the molecule is CN(Cc1cc(F)cc(C(F)(F)F)c1)CC1CCCN1. The van der Waals surface area contributed by atoms with E-state index in [1.165, 1.54) is 0 Å². The summed E-state index contributed by atoms with van der Waals surface area (Å²) in [6.07, 6.45) is -2.32. The molecule has 0 radical (unpaired) electrons. The molecule has 0 saturated carbocycles. The molecule has 0 aromatic heterocycles. The summed E-state index contributed by atoms with van der Waals surface area (Å²) in [4.78, 5) is 1.91. The average Bonchev–Trinajstić information content (AvgIpc) is 2.79. The van der Waals surface area contributed by atoms with Crippen molar-refractivity contribution in [3.63, 3.8) is 0 Å². The highest BCUT2D eigenvalue weighted by Gasteiger charge is 2.31. The van der Waals surface area contributed by atoms with Crippen LogP contribution in [0.15, 0.2) is 18.2 Å². The van der Waals surface area contributed by atoms with Gasteiger partial charge in [-0.25, -0.2) is 4.39 Å². The normalized spacial score (nSPS) is 19.8. The standard InChI is InChI=1S/C14H18F4N2/c1-20(9-13-3-2-4-19-13)8-10-5-11(14(16,17)18)7-12(15)6-10/h5-7,13,19H,2-4,8-9H2,1H3. The minimum atomic E-state index is -4.51. The Bertz CT molecular complexity index is 453. The lowest BCUT2D eigenvalue weighted by molar-refractivity contribution is -0.137. The van der Waals surface area contributed by atoms with Crippen LogP contribution in [-0.2, 0) is 12.7 Å². The van der Waals surface area contributed by atoms with Crippen molar-refractivity contribution in [1.82, 2.24) is 10.2 Å². The largest absolute Gasteiger partial charge is 0.416 e. The highest BCUT2D eigenvalue weighted by molar-refractivity contribution is 5.26. The van der Waals surface area contributed by atoms with Crippen LogP contribution in [0.5, 0.6) is 0 Å². The predicted octanol–water partition coefficient (Wildman–Crippen LogP) is 3.03. The van der Waals surface area contributed by atoms with Gasteiger partial charge in [-0.1, -0.05) is 0 Å². The summed E-state index contributed by atoms with van der Waals surface area (Å²) in [6, 6.07) is 3.08. The van der Waals surface area contributed by atoms with E-state index in [-0.39, 0.29) is 0 Å². The average molecular weight is 290 g/mol. The maximum Gasteiger partial charge on any atom is 0.416 e. The summed E-state index contributed by atoms with van der Waals surface area (Å²) in [5, 5.41) is 3.32. The number of halogens is 4. The summed E-state index contributed by atoms with van der Waals surface area (Å²) in [5.41, 5.74) is -0.585. The fourth-order valence-corrected chi connectivity index (χ4v) is 2.57. The lowest BCUT2D eigenvalue weighted by atomic mass is 10.1. The molecule has 2 nitrogen and oxygen atoms in total. The molecule has 1 aromatic carbocycles. The van der Waals surface area contributed by atoms with Crippen molar-refractivity contribution < 1.29 is 17.6 Å². The molecule has 1 heterocycles. The van der Waals surface area contributed by atoms with E-state index in [2.05, 4.69) is 5.32 Å². The molecule has 1 aliphatic rings. The Labute approximate surface area is 115 Å². The van der Waals surface area contributed by atoms with E-state index >= 15 is 0 Å². The summed E-state index contributed by atoms with van der Waals surface area (Å²) in [6.45, 7) is 2.04. The third-order valence-electron chi connectivity index (χ3n) is 3.43. The van der Waals surface area contributed by atoms with Crippen LogP contribution < -0.4 is 5.32 Å². The topological polar surface area (TPSA) is 15.3 Å². The van der Waals surface area contributed by atoms with E-state index in [4.69, 9.17) is 0 Å². The molecule has 0 spiro atoms. The van der Waals surface area contributed by atoms with Crippen molar-refractivity contribution >= 4 is 0 Å². The minimum Gasteiger partial charge on any atom is -0.313 e. The van der Waals surface area contributed by atoms with Crippen LogP contribution >= 0.6 is 0 Å². The molecular formula is C14H18F4N2. The lowest BCUT2D eigenvalue weighted by Gasteiger charge is -2.21. The van der Waals surface area contributed by atoms with Crippen molar-refractivity contribution in [1.29, 1.82) is 0 Å². The van der Waals surface area contributed by atoms with Crippen molar-refractivity contribution in [3.05, 3.63) is 35.1 Å². The maximum atomic E-state index is 13.3. The molecule has 1 fully saturated rings. The van der Waals surface area contributed by atoms with E-state index in [1.807, 2.05) is 11.9 Å². The Balaban J connectivity index is 2.02. The van der Waals surface area contributed by atoms with Gasteiger partial charge in [-0.2, -0.15) is 13.2 Å². The Kier molecular flexibility index (Phi) is 4.65. The molecule has 0 amide bonds. The number of nitrogens with one attached hydrogen (secondary N) is 1. The summed E-state index contributed by atoms with van der Waals surface area (Å²) >= 11 is 0. The number of benzene rings is 1. The van der Waals surface area contributed by atoms with Gasteiger partial charge in [0.05, 0.1) is 5.56 Å². The fourth-order valence-electron chi connectivity index (χ4n) is 2.57. The first-order valence-electron chi connectivity index (χ1n) is 6.63. The zero-order chi connectivity index (χ0) is 14.8. The van der Waals surface area contributed by atoms with Crippen LogP contribution in [0.25, 0.3) is 0 Å². The van der Waals surface area contributed by atoms with Gasteiger partial charge >= 0.3 is 6.18 Å². The molecule has 2 rings (SSSR count). The van der Waals surface area contributed by atoms with Crippen LogP contribution in [0.2, 0.25) is 0 Å². The van der Waals surface area contributed by atoms with E-state index in [9.17, 15) is 17.6 Å². The van der Waals surface area contributed by atoms with Gasteiger partial charge < -0.3 is 10.2 Å². The number of alkyl halides is 3. The van der Waals surface area contributed by atoms with Crippen molar-refractivity contribution in [2.45, 2.75) is 31.6 Å². The first-order valence-corrected chi connectivity index (χ1v) is 6.63. The molecule has 1 aliphatic heterocycles. The summed E-state index contributed by atoms with van der Waals surface area (Å²) in [7, 11) is 1.83. The number of likely N-dealkylation sites (N-methyl/N-ethyl adjacent to an activating group) is 1. The van der Waals surface area contributed by atoms with E-state index < -0.39 is 17.6 Å². The number of rotatable bonds is 4. The minimum absolute atomic E-state index is 0.305. The molecule has 1 atom stereocenters. The van der Waals surface area contributed by atoms with Crippen LogP contribution in [0.4, 0.5) is 17.6 Å². The first-order chi connectivity index (χ1) is 9.34. The molecule has 0 bridgehead atoms. The van der Waals surface area contributed by atoms with Crippen molar-refractivity contribution in [2.24, 2.45) is 0 Å². The molecule has 112 valence electrons. The molecule has 1 unspecified atom stereocenters. The molecule has 1 aromatic rings. The second kappa shape index (κ2) is 6.10. The zero-order valence-corrected chi connectivity index (χ0v) is 11.3. The monoisotopic (exact) mass is 290 g/mol. The zero-order valence-electron chi connectivity index (χ0n) is 11.3. The van der Waals surface area contributed by atoms with Crippen molar-refractivity contribution in [2.75, 3.05) is 20.1 Å². The molecular weight excluding hydrogens is 272 g/mol. The quantitative estimate of drug-likeness (QED) is 0.858. The first kappa shape index (κ1) is 15.3. The van der Waals surface area contributed by atoms with Crippen LogP contribution in [0.1, 0.15) is 24.0 Å². The molecule has 1 N–H and O–H groups in total. The smallest absolute Gasteiger partial charge is 0.313 e. The summed E-state index contributed by atoms with van der Waals surface area (Å²) < 4.78 is 51.2. The van der Waals surface area contributed by atoms with Gasteiger partial charge in [-0.15, -0.1) is 0 Å². The highest BCUT2D eigenvalue weighted by Crippen LogP contribution is 2.30. The van der Waals surface area contributed by atoms with Crippen LogP contribution in [0, 0.1) is 5.82 Å². The Hall–Kier alpha value is -1.14. The van der Waals surface area contributed by atoms with Crippen LogP contribution in [-0.4, -0.2) is 31.1 Å². The van der Waals surface area contributed by atoms with Gasteiger partial charge in [0.25, 0.3) is 0 Å². The van der Waals surface area contributed by atoms with Gasteiger partial charge in [0.1, 0.15) is 5.82 Å². The lowest BCUT2D eigenvalue weighted by Crippen LogP contribution is -2.35. The molecule has 20 heavy (non-hydrogen) atoms. The number of hydrogen-bond acceptors (Lipinski definition) is 2. The third kappa shape index (κ3) is 4.18. The van der Waals surface area contributed by atoms with Gasteiger partial charge in [0.2, 0.25) is 0 Å². The maximum absolute atomic E-state index is 13.3. The molecule has 1 saturated heterocycles. The van der Waals surface area contributed by atoms with E-state index in [0.29, 0.717) is 24.2 Å². The van der Waals surface area contributed by atoms with E-state index in [1.54, 1.807) is 0 Å². The van der Waals surface area contributed by atoms with Gasteiger partial charge in [0, 0.05) is 19.1 Å². The Morgan fingerprint density at radius 3 is 2.65 bits per heavy atom. The second-order valence-corrected chi connectivity index (χ2v) is 5.34. The van der Waals surface area contributed by atoms with E-state index in [0.717, 1.165) is 38.1 Å². The molecule has 0 aliphatic carbocycles. The number of hydrogen-bond donors (Lipinski definition) is 1. The van der Waals surface area contributed by atoms with Gasteiger partial charge in [-0.3, -0.25) is 0 Å². The Morgan fingerprint density at radius 2 is 2.05 bits per heavy atom. The third-order valence-corrected chi connectivity index (χ3v) is 3.43. The van der Waals surface area contributed by atoms with Gasteiger partial charge in [0.15, 0.2) is 0 Å². The van der Waals surface area contributed by atoms with Crippen LogP contribution in [0.3, 0.4) is 0 Å². The fraction of sp³-hybridized carbons (Fsp3) is 0.571. The number of nitrogens with zero attached hydrogens (tertiary/aromatic N) is 1.